The second-order valence-corrected chi connectivity index (χ2v) is 7.79. The predicted molar refractivity (Wildman–Crippen MR) is 81.5 cm³/mol. The van der Waals surface area contributed by atoms with Gasteiger partial charge in [-0.15, -0.1) is 0 Å². The Balaban J connectivity index is 2.18. The van der Waals surface area contributed by atoms with Gasteiger partial charge in [0.15, 0.2) is 0 Å². The fourth-order valence-corrected chi connectivity index (χ4v) is 5.27. The summed E-state index contributed by atoms with van der Waals surface area (Å²) >= 11 is 0. The highest BCUT2D eigenvalue weighted by molar-refractivity contribution is 7.89. The second-order valence-electron chi connectivity index (χ2n) is 5.96. The Morgan fingerprint density at radius 1 is 1.33 bits per heavy atom. The minimum Gasteiger partial charge on any atom is -0.394 e. The number of aromatic nitrogens is 1. The quantitative estimate of drug-likeness (QED) is 0.939. The van der Waals surface area contributed by atoms with Crippen LogP contribution in [0.3, 0.4) is 0 Å². The zero-order chi connectivity index (χ0) is 15.3. The fraction of sp³-hybridized carbons (Fsp3) is 0.467. The van der Waals surface area contributed by atoms with Gasteiger partial charge in [-0.3, -0.25) is 0 Å². The van der Waals surface area contributed by atoms with Crippen LogP contribution in [-0.2, 0) is 17.1 Å². The number of para-hydroxylation sites is 1. The number of sulfonamides is 1. The number of benzene rings is 1. The summed E-state index contributed by atoms with van der Waals surface area (Å²) in [7, 11) is -1.77. The number of fused-ring (bicyclic) bond motifs is 1. The second kappa shape index (κ2) is 4.83. The lowest BCUT2D eigenvalue weighted by Gasteiger charge is -2.32. The van der Waals surface area contributed by atoms with E-state index in [4.69, 9.17) is 0 Å². The molecule has 2 aromatic rings. The zero-order valence-corrected chi connectivity index (χ0v) is 13.1. The molecule has 1 fully saturated rings. The Kier molecular flexibility index (Phi) is 3.35. The Morgan fingerprint density at radius 3 is 2.76 bits per heavy atom. The van der Waals surface area contributed by atoms with Crippen molar-refractivity contribution in [2.75, 3.05) is 13.2 Å². The molecule has 1 N–H and O–H groups in total. The molecule has 1 atom stereocenters. The first kappa shape index (κ1) is 14.6. The standard InChI is InChI=1S/C15H20N2O3S/c1-15(11-18)8-5-9-17(15)21(19,20)14-10-16(2)13-7-4-3-6-12(13)14/h3-4,6-7,10,18H,5,8-9,11H2,1-2H3/t15-/m1/s1. The highest BCUT2D eigenvalue weighted by atomic mass is 32.2. The number of aliphatic hydroxyl groups is 1. The van der Waals surface area contributed by atoms with E-state index in [0.717, 1.165) is 17.3 Å². The van der Waals surface area contributed by atoms with E-state index in [-0.39, 0.29) is 6.61 Å². The van der Waals surface area contributed by atoms with Crippen molar-refractivity contribution >= 4 is 20.9 Å². The average molecular weight is 308 g/mol. The van der Waals surface area contributed by atoms with Crippen molar-refractivity contribution in [1.82, 2.24) is 8.87 Å². The maximum atomic E-state index is 13.0. The molecule has 2 heterocycles. The third kappa shape index (κ3) is 2.09. The van der Waals surface area contributed by atoms with Crippen LogP contribution in [0.2, 0.25) is 0 Å². The molecule has 5 nitrogen and oxygen atoms in total. The van der Waals surface area contributed by atoms with Crippen LogP contribution in [0.1, 0.15) is 19.8 Å². The number of nitrogens with zero attached hydrogens (tertiary/aromatic N) is 2. The van der Waals surface area contributed by atoms with Crippen molar-refractivity contribution < 1.29 is 13.5 Å². The van der Waals surface area contributed by atoms with Crippen LogP contribution in [0.25, 0.3) is 10.9 Å². The van der Waals surface area contributed by atoms with Gasteiger partial charge < -0.3 is 9.67 Å². The Morgan fingerprint density at radius 2 is 2.05 bits per heavy atom. The minimum atomic E-state index is -3.61. The van der Waals surface area contributed by atoms with Gasteiger partial charge in [-0.25, -0.2) is 8.42 Å². The van der Waals surface area contributed by atoms with Gasteiger partial charge in [-0.2, -0.15) is 4.31 Å². The van der Waals surface area contributed by atoms with Crippen molar-refractivity contribution in [2.45, 2.75) is 30.2 Å². The Labute approximate surface area is 124 Å². The lowest BCUT2D eigenvalue weighted by Crippen LogP contribution is -2.47. The predicted octanol–water partition coefficient (Wildman–Crippen LogP) is 1.71. The van der Waals surface area contributed by atoms with Crippen molar-refractivity contribution in [1.29, 1.82) is 0 Å². The van der Waals surface area contributed by atoms with E-state index in [2.05, 4.69) is 0 Å². The van der Waals surface area contributed by atoms with Gasteiger partial charge in [-0.1, -0.05) is 18.2 Å². The SMILES string of the molecule is Cn1cc(S(=O)(=O)N2CCC[C@]2(C)CO)c2ccccc21. The molecule has 0 unspecified atom stereocenters. The molecule has 114 valence electrons. The van der Waals surface area contributed by atoms with Crippen LogP contribution in [0.4, 0.5) is 0 Å². The van der Waals surface area contributed by atoms with Crippen LogP contribution in [0.5, 0.6) is 0 Å². The lowest BCUT2D eigenvalue weighted by molar-refractivity contribution is 0.137. The van der Waals surface area contributed by atoms with Crippen molar-refractivity contribution in [3.05, 3.63) is 30.5 Å². The molecule has 1 aliphatic heterocycles. The summed E-state index contributed by atoms with van der Waals surface area (Å²) in [6.07, 6.45) is 3.13. The number of aliphatic hydroxyl groups excluding tert-OH is 1. The number of hydrogen-bond donors (Lipinski definition) is 1. The highest BCUT2D eigenvalue weighted by Crippen LogP contribution is 2.36. The molecule has 0 radical (unpaired) electrons. The van der Waals surface area contributed by atoms with E-state index in [1.165, 1.54) is 4.31 Å². The molecule has 1 aromatic carbocycles. The molecule has 1 aromatic heterocycles. The van der Waals surface area contributed by atoms with Crippen LogP contribution in [0, 0.1) is 0 Å². The third-order valence-corrected chi connectivity index (χ3v) is 6.53. The van der Waals surface area contributed by atoms with E-state index in [1.54, 1.807) is 6.20 Å². The van der Waals surface area contributed by atoms with Gasteiger partial charge in [0.1, 0.15) is 4.90 Å². The van der Waals surface area contributed by atoms with E-state index < -0.39 is 15.6 Å². The summed E-state index contributed by atoms with van der Waals surface area (Å²) in [5.74, 6) is 0. The smallest absolute Gasteiger partial charge is 0.245 e. The maximum Gasteiger partial charge on any atom is 0.245 e. The number of aryl methyl sites for hydroxylation is 1. The van der Waals surface area contributed by atoms with Gasteiger partial charge in [0.25, 0.3) is 0 Å². The van der Waals surface area contributed by atoms with Crippen molar-refractivity contribution in [2.24, 2.45) is 7.05 Å². The van der Waals surface area contributed by atoms with Crippen molar-refractivity contribution in [3.63, 3.8) is 0 Å². The van der Waals surface area contributed by atoms with E-state index in [0.29, 0.717) is 17.9 Å². The Bertz CT molecular complexity index is 781. The number of rotatable bonds is 3. The molecule has 0 saturated carbocycles. The third-order valence-electron chi connectivity index (χ3n) is 4.45. The molecular formula is C15H20N2O3S. The van der Waals surface area contributed by atoms with Crippen LogP contribution in [0.15, 0.2) is 35.4 Å². The topological polar surface area (TPSA) is 62.5 Å². The van der Waals surface area contributed by atoms with Gasteiger partial charge in [0, 0.05) is 30.7 Å². The van der Waals surface area contributed by atoms with Crippen LogP contribution >= 0.6 is 0 Å². The minimum absolute atomic E-state index is 0.156. The van der Waals surface area contributed by atoms with Gasteiger partial charge in [0.05, 0.1) is 12.1 Å². The van der Waals surface area contributed by atoms with Gasteiger partial charge in [0.2, 0.25) is 10.0 Å². The summed E-state index contributed by atoms with van der Waals surface area (Å²) in [6, 6.07) is 7.47. The molecule has 21 heavy (non-hydrogen) atoms. The molecule has 0 spiro atoms. The zero-order valence-electron chi connectivity index (χ0n) is 12.3. The Hall–Kier alpha value is -1.37. The number of hydrogen-bond acceptors (Lipinski definition) is 3. The largest absolute Gasteiger partial charge is 0.394 e. The summed E-state index contributed by atoms with van der Waals surface area (Å²) in [6.45, 7) is 2.11. The van der Waals surface area contributed by atoms with Crippen LogP contribution in [-0.4, -0.2) is 41.1 Å². The summed E-state index contributed by atoms with van der Waals surface area (Å²) in [4.78, 5) is 0.321. The van der Waals surface area contributed by atoms with E-state index in [1.807, 2.05) is 42.8 Å². The first-order chi connectivity index (χ1) is 9.90. The summed E-state index contributed by atoms with van der Waals surface area (Å²) < 4.78 is 29.4. The highest BCUT2D eigenvalue weighted by Gasteiger charge is 2.44. The molecule has 0 aliphatic carbocycles. The van der Waals surface area contributed by atoms with Crippen LogP contribution < -0.4 is 0 Å². The molecule has 1 aliphatic rings. The molecule has 0 amide bonds. The average Bonchev–Trinajstić information content (AvgIpc) is 3.02. The van der Waals surface area contributed by atoms with E-state index >= 15 is 0 Å². The maximum absolute atomic E-state index is 13.0. The summed E-state index contributed by atoms with van der Waals surface area (Å²) in [5, 5.41) is 10.3. The summed E-state index contributed by atoms with van der Waals surface area (Å²) in [5.41, 5.74) is 0.191. The molecule has 6 heteroatoms. The first-order valence-corrected chi connectivity index (χ1v) is 8.52. The molecule has 0 bridgehead atoms. The van der Waals surface area contributed by atoms with Gasteiger partial charge >= 0.3 is 0 Å². The normalized spacial score (nSPS) is 24.0. The first-order valence-electron chi connectivity index (χ1n) is 7.08. The molecular weight excluding hydrogens is 288 g/mol. The van der Waals surface area contributed by atoms with Gasteiger partial charge in [-0.05, 0) is 25.8 Å². The van der Waals surface area contributed by atoms with Crippen molar-refractivity contribution in [3.8, 4) is 0 Å². The lowest BCUT2D eigenvalue weighted by atomic mass is 10.0. The molecule has 1 saturated heterocycles. The monoisotopic (exact) mass is 308 g/mol. The van der Waals surface area contributed by atoms with E-state index in [9.17, 15) is 13.5 Å². The fourth-order valence-electron chi connectivity index (χ4n) is 3.20. The molecule has 3 rings (SSSR count).